The summed E-state index contributed by atoms with van der Waals surface area (Å²) < 4.78 is 33.0. The lowest BCUT2D eigenvalue weighted by atomic mass is 10.0. The van der Waals surface area contributed by atoms with E-state index in [1.54, 1.807) is 64.8 Å². The molecule has 0 aliphatic heterocycles. The molecule has 0 aromatic heterocycles. The van der Waals surface area contributed by atoms with Crippen LogP contribution in [0.2, 0.25) is 0 Å². The Morgan fingerprint density at radius 2 is 0.873 bits per heavy atom. The summed E-state index contributed by atoms with van der Waals surface area (Å²) >= 11 is 0. The monoisotopic (exact) mass is 774 g/mol. The van der Waals surface area contributed by atoms with E-state index in [9.17, 15) is 14.4 Å². The minimum absolute atomic E-state index is 0. The number of methoxy groups -OCH3 is 4. The minimum atomic E-state index is -0.965. The molecule has 0 unspecified atom stereocenters. The van der Waals surface area contributed by atoms with Crippen LogP contribution in [0.15, 0.2) is 72.8 Å². The SMILES string of the molecule is COc1cc(/C=C/c2ccc(OC(=O)Oc3ccc(/C=C/c4cc(OC)cc(OC)c4)cc3CCNC(=O)CN)c(CCNC(=O)CN)c2)cc(OC)c1.Cl. The third-order valence-corrected chi connectivity index (χ3v) is 8.04. The maximum absolute atomic E-state index is 13.3. The predicted molar refractivity (Wildman–Crippen MR) is 215 cm³/mol. The van der Waals surface area contributed by atoms with E-state index in [2.05, 4.69) is 10.6 Å². The molecule has 0 aliphatic carbocycles. The number of ether oxygens (including phenoxy) is 6. The van der Waals surface area contributed by atoms with Crippen LogP contribution in [0.4, 0.5) is 4.79 Å². The van der Waals surface area contributed by atoms with Crippen LogP contribution < -0.4 is 50.5 Å². The van der Waals surface area contributed by atoms with Gasteiger partial charge in [0.1, 0.15) is 34.5 Å². The van der Waals surface area contributed by atoms with Crippen LogP contribution in [0.1, 0.15) is 33.4 Å². The van der Waals surface area contributed by atoms with E-state index < -0.39 is 6.16 Å². The largest absolute Gasteiger partial charge is 0.519 e. The van der Waals surface area contributed by atoms with E-state index in [-0.39, 0.29) is 61.9 Å². The molecule has 0 atom stereocenters. The first kappa shape index (κ1) is 43.4. The normalized spacial score (nSPS) is 10.7. The molecule has 13 nitrogen and oxygen atoms in total. The standard InChI is InChI=1S/C41H46N4O9.ClH/c1-49-33-19-29(20-34(23-33)50-2)7-5-27-9-11-37(31(17-27)13-15-44-39(46)25-42)53-41(48)54-38-12-10-28(18-32(38)14-16-45-40(47)26-43)6-8-30-21-35(51-3)24-36(22-30)52-4;/h5-12,17-24H,13-16,25-26,42-43H2,1-4H3,(H,44,46)(H,45,47);1H/b7-5+,8-6+;. The van der Waals surface area contributed by atoms with Gasteiger partial charge in [0.25, 0.3) is 0 Å². The van der Waals surface area contributed by atoms with Gasteiger partial charge in [-0.2, -0.15) is 0 Å². The summed E-state index contributed by atoms with van der Waals surface area (Å²) in [5, 5.41) is 5.49. The Hall–Kier alpha value is -6.02. The highest BCUT2D eigenvalue weighted by Gasteiger charge is 2.16. The van der Waals surface area contributed by atoms with Crippen molar-refractivity contribution >= 4 is 54.7 Å². The Bertz CT molecular complexity index is 1800. The third-order valence-electron chi connectivity index (χ3n) is 8.04. The van der Waals surface area contributed by atoms with Crippen molar-refractivity contribution in [2.24, 2.45) is 11.5 Å². The number of hydrogen-bond donors (Lipinski definition) is 4. The van der Waals surface area contributed by atoms with Crippen LogP contribution in [0.5, 0.6) is 34.5 Å². The van der Waals surface area contributed by atoms with Crippen LogP contribution in [-0.2, 0) is 22.4 Å². The molecule has 0 fully saturated rings. The molecular formula is C41H47ClN4O9. The number of carbonyl (C=O) groups is 3. The molecule has 0 saturated heterocycles. The Labute approximate surface area is 327 Å². The number of nitrogens with two attached hydrogens (primary N) is 2. The van der Waals surface area contributed by atoms with Gasteiger partial charge in [0.15, 0.2) is 0 Å². The second kappa shape index (κ2) is 22.3. The van der Waals surface area contributed by atoms with E-state index >= 15 is 0 Å². The van der Waals surface area contributed by atoms with Gasteiger partial charge in [-0.15, -0.1) is 12.4 Å². The molecule has 14 heteroatoms. The van der Waals surface area contributed by atoms with Gasteiger partial charge in [-0.05, 0) is 94.8 Å². The highest BCUT2D eigenvalue weighted by Crippen LogP contribution is 2.28. The van der Waals surface area contributed by atoms with Gasteiger partial charge in [0.2, 0.25) is 11.8 Å². The molecule has 6 N–H and O–H groups in total. The van der Waals surface area contributed by atoms with Crippen LogP contribution in [-0.4, -0.2) is 72.6 Å². The first-order valence-electron chi connectivity index (χ1n) is 17.1. The quantitative estimate of drug-likeness (QED) is 0.0585. The van der Waals surface area contributed by atoms with Crippen molar-refractivity contribution in [2.75, 3.05) is 54.6 Å². The van der Waals surface area contributed by atoms with Crippen molar-refractivity contribution < 1.29 is 42.8 Å². The highest BCUT2D eigenvalue weighted by molar-refractivity contribution is 5.85. The van der Waals surface area contributed by atoms with E-state index in [1.807, 2.05) is 60.7 Å². The average molecular weight is 775 g/mol. The molecule has 4 rings (SSSR count). The number of rotatable bonds is 18. The maximum Gasteiger partial charge on any atom is 0.519 e. The Balaban J connectivity index is 0.00000812. The molecule has 4 aromatic carbocycles. The van der Waals surface area contributed by atoms with Crippen molar-refractivity contribution in [2.45, 2.75) is 12.8 Å². The molecular weight excluding hydrogens is 728 g/mol. The first-order valence-corrected chi connectivity index (χ1v) is 17.1. The second-order valence-electron chi connectivity index (χ2n) is 11.8. The van der Waals surface area contributed by atoms with Crippen molar-refractivity contribution in [3.63, 3.8) is 0 Å². The van der Waals surface area contributed by atoms with Crippen molar-refractivity contribution in [1.82, 2.24) is 10.6 Å². The van der Waals surface area contributed by atoms with E-state index in [0.29, 0.717) is 47.0 Å². The summed E-state index contributed by atoms with van der Waals surface area (Å²) in [6.07, 6.45) is 7.32. The van der Waals surface area contributed by atoms with Crippen molar-refractivity contribution in [1.29, 1.82) is 0 Å². The number of nitrogens with one attached hydrogen (secondary N) is 2. The predicted octanol–water partition coefficient (Wildman–Crippen LogP) is 5.30. The zero-order valence-corrected chi connectivity index (χ0v) is 32.0. The second-order valence-corrected chi connectivity index (χ2v) is 11.8. The molecule has 0 heterocycles. The Morgan fingerprint density at radius 1 is 0.527 bits per heavy atom. The fourth-order valence-electron chi connectivity index (χ4n) is 5.25. The molecule has 0 aliphatic rings. The molecule has 4 aromatic rings. The van der Waals surface area contributed by atoms with Gasteiger partial charge in [0, 0.05) is 25.2 Å². The topological polar surface area (TPSA) is 183 Å². The Kier molecular flexibility index (Phi) is 17.6. The molecule has 0 saturated carbocycles. The third kappa shape index (κ3) is 13.7. The summed E-state index contributed by atoms with van der Waals surface area (Å²) in [7, 11) is 6.34. The number of halogens is 1. The smallest absolute Gasteiger partial charge is 0.497 e. The van der Waals surface area contributed by atoms with Gasteiger partial charge in [-0.1, -0.05) is 36.4 Å². The lowest BCUT2D eigenvalue weighted by Gasteiger charge is -2.14. The van der Waals surface area contributed by atoms with Crippen molar-refractivity contribution in [3.05, 3.63) is 106 Å². The summed E-state index contributed by atoms with van der Waals surface area (Å²) in [4.78, 5) is 36.9. The first-order chi connectivity index (χ1) is 26.2. The van der Waals surface area contributed by atoms with Gasteiger partial charge in [-0.3, -0.25) is 9.59 Å². The van der Waals surface area contributed by atoms with Gasteiger partial charge < -0.3 is 50.5 Å². The number of carbonyl (C=O) groups excluding carboxylic acids is 3. The van der Waals surface area contributed by atoms with Gasteiger partial charge >= 0.3 is 6.16 Å². The molecule has 55 heavy (non-hydrogen) atoms. The summed E-state index contributed by atoms with van der Waals surface area (Å²) in [5.74, 6) is 2.49. The fourth-order valence-corrected chi connectivity index (χ4v) is 5.25. The molecule has 0 bridgehead atoms. The summed E-state index contributed by atoms with van der Waals surface area (Å²) in [5.41, 5.74) is 15.5. The van der Waals surface area contributed by atoms with Crippen LogP contribution in [0.25, 0.3) is 24.3 Å². The molecule has 0 radical (unpaired) electrons. The van der Waals surface area contributed by atoms with E-state index in [4.69, 9.17) is 39.9 Å². The van der Waals surface area contributed by atoms with Crippen LogP contribution in [0.3, 0.4) is 0 Å². The highest BCUT2D eigenvalue weighted by atomic mass is 35.5. The fraction of sp³-hybridized carbons (Fsp3) is 0.244. The maximum atomic E-state index is 13.3. The summed E-state index contributed by atoms with van der Waals surface area (Å²) in [6, 6.07) is 21.7. The molecule has 292 valence electrons. The summed E-state index contributed by atoms with van der Waals surface area (Å²) in [6.45, 7) is 0.228. The van der Waals surface area contributed by atoms with E-state index in [0.717, 1.165) is 22.3 Å². The zero-order valence-electron chi connectivity index (χ0n) is 31.2. The van der Waals surface area contributed by atoms with Crippen molar-refractivity contribution in [3.8, 4) is 34.5 Å². The zero-order chi connectivity index (χ0) is 38.9. The van der Waals surface area contributed by atoms with Crippen LogP contribution in [0, 0.1) is 0 Å². The Morgan fingerprint density at radius 3 is 1.20 bits per heavy atom. The molecule has 0 spiro atoms. The minimum Gasteiger partial charge on any atom is -0.497 e. The lowest BCUT2D eigenvalue weighted by molar-refractivity contribution is -0.120. The lowest BCUT2D eigenvalue weighted by Crippen LogP contribution is -2.32. The van der Waals surface area contributed by atoms with Crippen LogP contribution >= 0.6 is 12.4 Å². The van der Waals surface area contributed by atoms with Gasteiger partial charge in [0.05, 0.1) is 41.5 Å². The van der Waals surface area contributed by atoms with Gasteiger partial charge in [-0.25, -0.2) is 4.79 Å². The molecule has 2 amide bonds. The number of benzene rings is 4. The number of hydrogen-bond acceptors (Lipinski definition) is 11. The number of amides is 2. The average Bonchev–Trinajstić information content (AvgIpc) is 3.20. The van der Waals surface area contributed by atoms with E-state index in [1.165, 1.54) is 0 Å².